The van der Waals surface area contributed by atoms with Gasteiger partial charge in [-0.25, -0.2) is 13.2 Å². The van der Waals surface area contributed by atoms with Crippen molar-refractivity contribution in [1.29, 1.82) is 0 Å². The van der Waals surface area contributed by atoms with Crippen molar-refractivity contribution in [3.8, 4) is 28.0 Å². The van der Waals surface area contributed by atoms with E-state index in [1.165, 1.54) is 25.7 Å². The molecule has 3 aliphatic carbocycles. The van der Waals surface area contributed by atoms with Crippen LogP contribution in [0.1, 0.15) is 63.4 Å². The summed E-state index contributed by atoms with van der Waals surface area (Å²) in [5.74, 6) is -0.734. The van der Waals surface area contributed by atoms with E-state index in [0.717, 1.165) is 25.2 Å². The molecule has 0 aromatic heterocycles. The summed E-state index contributed by atoms with van der Waals surface area (Å²) in [6, 6.07) is 5.11. The van der Waals surface area contributed by atoms with E-state index in [0.29, 0.717) is 29.2 Å². The van der Waals surface area contributed by atoms with Gasteiger partial charge in [0.2, 0.25) is 0 Å². The van der Waals surface area contributed by atoms with Crippen LogP contribution in [0, 0.1) is 29.3 Å². The van der Waals surface area contributed by atoms with E-state index in [-0.39, 0.29) is 22.8 Å². The molecule has 0 aliphatic heterocycles. The Morgan fingerprint density at radius 3 is 2.39 bits per heavy atom. The summed E-state index contributed by atoms with van der Waals surface area (Å²) in [7, 11) is 0. The topological polar surface area (TPSA) is 9.23 Å². The van der Waals surface area contributed by atoms with Crippen molar-refractivity contribution in [2.75, 3.05) is 6.61 Å². The third-order valence-corrected chi connectivity index (χ3v) is 7.16. The number of halogens is 3. The zero-order valence-electron chi connectivity index (χ0n) is 16.2. The van der Waals surface area contributed by atoms with Crippen molar-refractivity contribution in [1.82, 2.24) is 0 Å². The number of benzene rings is 2. The minimum absolute atomic E-state index is 0.0655. The van der Waals surface area contributed by atoms with Gasteiger partial charge in [-0.2, -0.15) is 0 Å². The van der Waals surface area contributed by atoms with E-state index in [2.05, 4.69) is 0 Å². The first-order chi connectivity index (χ1) is 13.6. The second-order valence-electron chi connectivity index (χ2n) is 8.56. The van der Waals surface area contributed by atoms with E-state index < -0.39 is 17.5 Å². The number of hydrogen-bond donors (Lipinski definition) is 0. The fraction of sp³-hybridized carbons (Fsp3) is 0.500. The number of rotatable bonds is 3. The van der Waals surface area contributed by atoms with Crippen LogP contribution in [0.4, 0.5) is 13.2 Å². The van der Waals surface area contributed by atoms with Gasteiger partial charge in [0, 0.05) is 11.1 Å². The van der Waals surface area contributed by atoms with E-state index in [4.69, 9.17) is 4.74 Å². The van der Waals surface area contributed by atoms with Crippen LogP contribution in [0.25, 0.3) is 22.3 Å². The van der Waals surface area contributed by atoms with Gasteiger partial charge >= 0.3 is 0 Å². The Labute approximate surface area is 163 Å². The zero-order valence-corrected chi connectivity index (χ0v) is 16.2. The van der Waals surface area contributed by atoms with Gasteiger partial charge in [0.25, 0.3) is 0 Å². The molecule has 0 amide bonds. The largest absolute Gasteiger partial charge is 0.491 e. The second-order valence-corrected chi connectivity index (χ2v) is 8.56. The summed E-state index contributed by atoms with van der Waals surface area (Å²) < 4.78 is 50.0. The van der Waals surface area contributed by atoms with Crippen LogP contribution in [0.2, 0.25) is 0 Å². The fourth-order valence-electron chi connectivity index (χ4n) is 5.79. The molecular formula is C24H25F3O. The molecule has 0 heterocycles. The van der Waals surface area contributed by atoms with Crippen molar-refractivity contribution < 1.29 is 17.9 Å². The molecule has 0 spiro atoms. The summed E-state index contributed by atoms with van der Waals surface area (Å²) in [5, 5.41) is 0. The van der Waals surface area contributed by atoms with Gasteiger partial charge in [0.15, 0.2) is 23.2 Å². The summed E-state index contributed by atoms with van der Waals surface area (Å²) in [6.45, 7) is 2.09. The minimum atomic E-state index is -0.904. The summed E-state index contributed by atoms with van der Waals surface area (Å²) >= 11 is 0. The van der Waals surface area contributed by atoms with Crippen molar-refractivity contribution in [3.63, 3.8) is 0 Å². The third-order valence-electron chi connectivity index (χ3n) is 7.16. The van der Waals surface area contributed by atoms with E-state index >= 15 is 4.39 Å². The number of hydrogen-bond acceptors (Lipinski definition) is 1. The van der Waals surface area contributed by atoms with Gasteiger partial charge in [0.05, 0.1) is 6.61 Å². The van der Waals surface area contributed by atoms with E-state index in [1.54, 1.807) is 25.1 Å². The van der Waals surface area contributed by atoms with Crippen LogP contribution < -0.4 is 4.74 Å². The monoisotopic (exact) mass is 386 g/mol. The molecule has 2 fully saturated rings. The lowest BCUT2D eigenvalue weighted by molar-refractivity contribution is 0.154. The minimum Gasteiger partial charge on any atom is -0.491 e. The maximum absolute atomic E-state index is 15.0. The van der Waals surface area contributed by atoms with Gasteiger partial charge in [-0.05, 0) is 78.8 Å². The first-order valence-electron chi connectivity index (χ1n) is 10.6. The average molecular weight is 386 g/mol. The van der Waals surface area contributed by atoms with Crippen LogP contribution >= 0.6 is 0 Å². The molecule has 148 valence electrons. The Morgan fingerprint density at radius 2 is 1.61 bits per heavy atom. The van der Waals surface area contributed by atoms with Crippen molar-refractivity contribution >= 4 is 0 Å². The van der Waals surface area contributed by atoms with Gasteiger partial charge in [-0.15, -0.1) is 0 Å². The molecule has 4 heteroatoms. The molecule has 5 rings (SSSR count). The Morgan fingerprint density at radius 1 is 0.857 bits per heavy atom. The highest BCUT2D eigenvalue weighted by molar-refractivity contribution is 6.03. The number of fused-ring (bicyclic) bond motifs is 5. The standard InChI is InChI=1S/C24H25F3O/c1-2-28-19-10-9-16-18-12-17(22(25)24(27)21(18)20(16)23(19)26)15-8-7-13-5-3-4-6-14(13)11-15/h9-10,12-15H,2-8,11H2,1H3. The lowest BCUT2D eigenvalue weighted by Crippen LogP contribution is -2.27. The van der Waals surface area contributed by atoms with Crippen LogP contribution in [-0.4, -0.2) is 6.61 Å². The molecule has 28 heavy (non-hydrogen) atoms. The molecule has 3 unspecified atom stereocenters. The van der Waals surface area contributed by atoms with Crippen molar-refractivity contribution in [3.05, 3.63) is 41.2 Å². The Balaban J connectivity index is 1.51. The average Bonchev–Trinajstić information content (AvgIpc) is 2.70. The van der Waals surface area contributed by atoms with Gasteiger partial charge in [-0.3, -0.25) is 0 Å². The maximum Gasteiger partial charge on any atom is 0.173 e. The van der Waals surface area contributed by atoms with Crippen LogP contribution in [-0.2, 0) is 0 Å². The highest BCUT2D eigenvalue weighted by Gasteiger charge is 2.38. The quantitative estimate of drug-likeness (QED) is 0.461. The van der Waals surface area contributed by atoms with Crippen molar-refractivity contribution in [2.24, 2.45) is 11.8 Å². The van der Waals surface area contributed by atoms with E-state index in [9.17, 15) is 8.78 Å². The molecular weight excluding hydrogens is 361 g/mol. The third kappa shape index (κ3) is 2.60. The molecule has 0 N–H and O–H groups in total. The Bertz CT molecular complexity index is 936. The van der Waals surface area contributed by atoms with Crippen LogP contribution in [0.15, 0.2) is 18.2 Å². The Kier molecular flexibility index (Phi) is 4.41. The lowest BCUT2D eigenvalue weighted by atomic mass is 9.65. The summed E-state index contributed by atoms with van der Waals surface area (Å²) in [4.78, 5) is 0. The normalized spacial score (nSPS) is 25.4. The first kappa shape index (κ1) is 18.1. The van der Waals surface area contributed by atoms with Gasteiger partial charge < -0.3 is 4.74 Å². The zero-order chi connectivity index (χ0) is 19.4. The molecule has 3 atom stereocenters. The first-order valence-corrected chi connectivity index (χ1v) is 10.6. The predicted molar refractivity (Wildman–Crippen MR) is 104 cm³/mol. The molecule has 0 radical (unpaired) electrons. The molecule has 2 saturated carbocycles. The lowest BCUT2D eigenvalue weighted by Gasteiger charge is -2.40. The molecule has 2 aromatic carbocycles. The fourth-order valence-corrected chi connectivity index (χ4v) is 5.79. The molecule has 2 aromatic rings. The summed E-state index contributed by atoms with van der Waals surface area (Å²) in [6.07, 6.45) is 8.03. The SMILES string of the molecule is CCOc1ccc2c(c1F)-c1c-2cc(C2CCC3CCCCC3C2)c(F)c1F. The van der Waals surface area contributed by atoms with Gasteiger partial charge in [0.1, 0.15) is 0 Å². The molecule has 0 bridgehead atoms. The van der Waals surface area contributed by atoms with E-state index in [1.807, 2.05) is 0 Å². The van der Waals surface area contributed by atoms with Crippen LogP contribution in [0.3, 0.4) is 0 Å². The highest BCUT2D eigenvalue weighted by atomic mass is 19.2. The Hall–Kier alpha value is -1.97. The van der Waals surface area contributed by atoms with Crippen LogP contribution in [0.5, 0.6) is 5.75 Å². The van der Waals surface area contributed by atoms with Crippen molar-refractivity contribution in [2.45, 2.75) is 57.8 Å². The molecule has 1 nitrogen and oxygen atoms in total. The smallest absolute Gasteiger partial charge is 0.173 e. The molecule has 3 aliphatic rings. The maximum atomic E-state index is 15.0. The van der Waals surface area contributed by atoms with Gasteiger partial charge in [-0.1, -0.05) is 25.7 Å². The highest BCUT2D eigenvalue weighted by Crippen LogP contribution is 2.55. The predicted octanol–water partition coefficient (Wildman–Crippen LogP) is 7.22. The second kappa shape index (κ2) is 6.82. The molecule has 0 saturated heterocycles. The number of ether oxygens (including phenoxy) is 1. The summed E-state index contributed by atoms with van der Waals surface area (Å²) in [5.41, 5.74) is 2.00.